The molecule has 2 heterocycles. The van der Waals surface area contributed by atoms with Crippen LogP contribution in [0.25, 0.3) is 0 Å². The number of nitrogens with zero attached hydrogens (tertiary/aromatic N) is 4. The molecule has 1 atom stereocenters. The zero-order valence-corrected chi connectivity index (χ0v) is 9.76. The third-order valence-corrected chi connectivity index (χ3v) is 3.97. The van der Waals surface area contributed by atoms with E-state index in [1.54, 1.807) is 0 Å². The summed E-state index contributed by atoms with van der Waals surface area (Å²) in [5.41, 5.74) is 7.34. The molecule has 1 fully saturated rings. The summed E-state index contributed by atoms with van der Waals surface area (Å²) >= 11 is 0. The van der Waals surface area contributed by atoms with Crippen molar-refractivity contribution in [2.24, 2.45) is 11.7 Å². The van der Waals surface area contributed by atoms with Crippen molar-refractivity contribution in [3.8, 4) is 0 Å². The molecule has 0 bridgehead atoms. The van der Waals surface area contributed by atoms with E-state index in [2.05, 4.69) is 22.3 Å². The molecule has 5 heteroatoms. The Bertz CT molecular complexity index is 380. The molecule has 0 spiro atoms. The van der Waals surface area contributed by atoms with Gasteiger partial charge in [-0.3, -0.25) is 0 Å². The Morgan fingerprint density at radius 3 is 2.81 bits per heavy atom. The molecule has 2 aliphatic rings. The van der Waals surface area contributed by atoms with E-state index in [0.717, 1.165) is 24.6 Å². The highest BCUT2D eigenvalue weighted by Crippen LogP contribution is 2.37. The SMILES string of the molecule is CN1CCn2nnc(C(N)C3CCCC3)c21. The Hall–Kier alpha value is -1.10. The second-order valence-corrected chi connectivity index (χ2v) is 5.01. The van der Waals surface area contributed by atoms with Crippen molar-refractivity contribution in [2.75, 3.05) is 18.5 Å². The quantitative estimate of drug-likeness (QED) is 0.806. The Kier molecular flexibility index (Phi) is 2.35. The molecule has 1 unspecified atom stereocenters. The van der Waals surface area contributed by atoms with Crippen molar-refractivity contribution in [1.29, 1.82) is 0 Å². The molecule has 1 aromatic rings. The van der Waals surface area contributed by atoms with Gasteiger partial charge in [-0.25, -0.2) is 4.68 Å². The second-order valence-electron chi connectivity index (χ2n) is 5.01. The first-order valence-electron chi connectivity index (χ1n) is 6.17. The molecule has 1 aliphatic carbocycles. The lowest BCUT2D eigenvalue weighted by atomic mass is 9.96. The van der Waals surface area contributed by atoms with E-state index in [9.17, 15) is 0 Å². The number of nitrogens with two attached hydrogens (primary N) is 1. The van der Waals surface area contributed by atoms with Crippen molar-refractivity contribution in [2.45, 2.75) is 38.3 Å². The van der Waals surface area contributed by atoms with E-state index in [-0.39, 0.29) is 6.04 Å². The van der Waals surface area contributed by atoms with Crippen LogP contribution >= 0.6 is 0 Å². The van der Waals surface area contributed by atoms with Crippen LogP contribution in [0, 0.1) is 5.92 Å². The van der Waals surface area contributed by atoms with Crippen LogP contribution in [0.3, 0.4) is 0 Å². The summed E-state index contributed by atoms with van der Waals surface area (Å²) in [6.07, 6.45) is 5.13. The summed E-state index contributed by atoms with van der Waals surface area (Å²) in [5.74, 6) is 1.75. The van der Waals surface area contributed by atoms with Crippen LogP contribution in [-0.2, 0) is 6.54 Å². The van der Waals surface area contributed by atoms with Gasteiger partial charge < -0.3 is 10.6 Å². The van der Waals surface area contributed by atoms with Crippen LogP contribution in [0.1, 0.15) is 37.4 Å². The van der Waals surface area contributed by atoms with Gasteiger partial charge in [0, 0.05) is 13.6 Å². The van der Waals surface area contributed by atoms with E-state index < -0.39 is 0 Å². The number of hydrogen-bond donors (Lipinski definition) is 1. The lowest BCUT2D eigenvalue weighted by Crippen LogP contribution is -2.23. The van der Waals surface area contributed by atoms with Gasteiger partial charge in [-0.15, -0.1) is 5.10 Å². The van der Waals surface area contributed by atoms with Crippen LogP contribution in [0.5, 0.6) is 0 Å². The highest BCUT2D eigenvalue weighted by molar-refractivity contribution is 5.47. The number of hydrogen-bond acceptors (Lipinski definition) is 4. The van der Waals surface area contributed by atoms with Crippen molar-refractivity contribution in [3.05, 3.63) is 5.69 Å². The summed E-state index contributed by atoms with van der Waals surface area (Å²) in [5, 5.41) is 8.46. The van der Waals surface area contributed by atoms with Crippen LogP contribution in [0.2, 0.25) is 0 Å². The third kappa shape index (κ3) is 1.42. The maximum Gasteiger partial charge on any atom is 0.152 e. The molecule has 88 valence electrons. The predicted octanol–water partition coefficient (Wildman–Crippen LogP) is 0.918. The minimum absolute atomic E-state index is 0.0757. The Morgan fingerprint density at radius 2 is 2.06 bits per heavy atom. The molecular formula is C11H19N5. The summed E-state index contributed by atoms with van der Waals surface area (Å²) in [6.45, 7) is 1.96. The standard InChI is InChI=1S/C11H19N5/c1-15-6-7-16-11(15)10(13-14-16)9(12)8-4-2-3-5-8/h8-9H,2-7,12H2,1H3. The van der Waals surface area contributed by atoms with Gasteiger partial charge in [0.05, 0.1) is 12.6 Å². The molecule has 0 saturated heterocycles. The first-order valence-corrected chi connectivity index (χ1v) is 6.17. The predicted molar refractivity (Wildman–Crippen MR) is 62.2 cm³/mol. The average molecular weight is 221 g/mol. The van der Waals surface area contributed by atoms with E-state index in [1.807, 2.05) is 4.68 Å². The van der Waals surface area contributed by atoms with E-state index in [0.29, 0.717) is 5.92 Å². The molecule has 16 heavy (non-hydrogen) atoms. The number of aromatic nitrogens is 3. The topological polar surface area (TPSA) is 60.0 Å². The average Bonchev–Trinajstić information content (AvgIpc) is 2.95. The monoisotopic (exact) mass is 221 g/mol. The first kappa shape index (κ1) is 10.1. The van der Waals surface area contributed by atoms with E-state index >= 15 is 0 Å². The molecule has 0 aromatic carbocycles. The lowest BCUT2D eigenvalue weighted by molar-refractivity contribution is 0.436. The van der Waals surface area contributed by atoms with Gasteiger partial charge in [0.25, 0.3) is 0 Å². The molecule has 5 nitrogen and oxygen atoms in total. The molecule has 1 aliphatic heterocycles. The van der Waals surface area contributed by atoms with E-state index in [4.69, 9.17) is 5.73 Å². The van der Waals surface area contributed by atoms with Gasteiger partial charge in [0.15, 0.2) is 5.82 Å². The van der Waals surface area contributed by atoms with Crippen LogP contribution in [-0.4, -0.2) is 28.6 Å². The van der Waals surface area contributed by atoms with Crippen LogP contribution < -0.4 is 10.6 Å². The maximum absolute atomic E-state index is 6.34. The van der Waals surface area contributed by atoms with Gasteiger partial charge in [0.1, 0.15) is 5.69 Å². The fraction of sp³-hybridized carbons (Fsp3) is 0.818. The minimum atomic E-state index is 0.0757. The Balaban J connectivity index is 1.88. The highest BCUT2D eigenvalue weighted by Gasteiger charge is 2.31. The van der Waals surface area contributed by atoms with Crippen molar-refractivity contribution in [1.82, 2.24) is 15.0 Å². The lowest BCUT2D eigenvalue weighted by Gasteiger charge is -2.19. The van der Waals surface area contributed by atoms with Crippen molar-refractivity contribution >= 4 is 5.82 Å². The number of anilines is 1. The summed E-state index contributed by atoms with van der Waals surface area (Å²) in [6, 6.07) is 0.0757. The molecular weight excluding hydrogens is 202 g/mol. The molecule has 1 saturated carbocycles. The summed E-state index contributed by atoms with van der Waals surface area (Å²) < 4.78 is 1.98. The van der Waals surface area contributed by atoms with Gasteiger partial charge in [-0.1, -0.05) is 18.1 Å². The fourth-order valence-corrected chi connectivity index (χ4v) is 2.97. The number of likely N-dealkylation sites (N-methyl/N-ethyl adjacent to an activating group) is 1. The third-order valence-electron chi connectivity index (χ3n) is 3.97. The Labute approximate surface area is 95.6 Å². The number of rotatable bonds is 2. The molecule has 0 radical (unpaired) electrons. The van der Waals surface area contributed by atoms with E-state index in [1.165, 1.54) is 25.7 Å². The van der Waals surface area contributed by atoms with Gasteiger partial charge in [-0.2, -0.15) is 0 Å². The van der Waals surface area contributed by atoms with Gasteiger partial charge in [-0.05, 0) is 18.8 Å². The van der Waals surface area contributed by atoms with Gasteiger partial charge >= 0.3 is 0 Å². The summed E-state index contributed by atoms with van der Waals surface area (Å²) in [4.78, 5) is 2.21. The van der Waals surface area contributed by atoms with Gasteiger partial charge in [0.2, 0.25) is 0 Å². The smallest absolute Gasteiger partial charge is 0.152 e. The van der Waals surface area contributed by atoms with Crippen LogP contribution in [0.15, 0.2) is 0 Å². The molecule has 1 aromatic heterocycles. The Morgan fingerprint density at radius 1 is 1.31 bits per heavy atom. The highest BCUT2D eigenvalue weighted by atomic mass is 15.5. The van der Waals surface area contributed by atoms with Crippen LogP contribution in [0.4, 0.5) is 5.82 Å². The molecule has 3 rings (SSSR count). The van der Waals surface area contributed by atoms with Crippen molar-refractivity contribution < 1.29 is 0 Å². The molecule has 2 N–H and O–H groups in total. The fourth-order valence-electron chi connectivity index (χ4n) is 2.97. The maximum atomic E-state index is 6.34. The zero-order valence-electron chi connectivity index (χ0n) is 9.76. The zero-order chi connectivity index (χ0) is 11.1. The first-order chi connectivity index (χ1) is 7.77. The molecule has 0 amide bonds. The number of fused-ring (bicyclic) bond motifs is 1. The minimum Gasteiger partial charge on any atom is -0.356 e. The largest absolute Gasteiger partial charge is 0.356 e. The van der Waals surface area contributed by atoms with Crippen molar-refractivity contribution in [3.63, 3.8) is 0 Å². The second kappa shape index (κ2) is 3.73. The normalized spacial score (nSPS) is 22.8. The summed E-state index contributed by atoms with van der Waals surface area (Å²) in [7, 11) is 2.09.